The van der Waals surface area contributed by atoms with Gasteiger partial charge in [-0.3, -0.25) is 4.79 Å². The molecule has 0 unspecified atom stereocenters. The van der Waals surface area contributed by atoms with E-state index in [2.05, 4.69) is 10.1 Å². The third-order valence-corrected chi connectivity index (χ3v) is 3.13. The van der Waals surface area contributed by atoms with Gasteiger partial charge in [0.25, 0.3) is 0 Å². The number of aliphatic hydroxyl groups is 1. The van der Waals surface area contributed by atoms with Crippen LogP contribution >= 0.6 is 11.8 Å². The van der Waals surface area contributed by atoms with Crippen LogP contribution in [0.15, 0.2) is 35.2 Å². The van der Waals surface area contributed by atoms with Crippen molar-refractivity contribution in [3.8, 4) is 0 Å². The lowest BCUT2D eigenvalue weighted by Gasteiger charge is -2.13. The normalized spacial score (nSPS) is 11.7. The first-order chi connectivity index (χ1) is 8.67. The fourth-order valence-corrected chi connectivity index (χ4v) is 1.95. The van der Waals surface area contributed by atoms with E-state index >= 15 is 0 Å². The molecule has 98 valence electrons. The van der Waals surface area contributed by atoms with Gasteiger partial charge in [0.05, 0.1) is 19.5 Å². The number of esters is 1. The number of hydrogen-bond acceptors (Lipinski definition) is 5. The molecule has 0 aliphatic rings. The number of carbonyl (C=O) groups excluding carboxylic acids is 2. The largest absolute Gasteiger partial charge is 0.467 e. The zero-order valence-electron chi connectivity index (χ0n) is 9.96. The summed E-state index contributed by atoms with van der Waals surface area (Å²) in [5, 5.41) is 11.3. The number of rotatable bonds is 6. The fraction of sp³-hybridized carbons (Fsp3) is 0.333. The topological polar surface area (TPSA) is 75.6 Å². The smallest absolute Gasteiger partial charge is 0.330 e. The Bertz CT molecular complexity index is 396. The molecule has 2 N–H and O–H groups in total. The molecule has 0 bridgehead atoms. The van der Waals surface area contributed by atoms with Crippen LogP contribution < -0.4 is 5.32 Å². The molecule has 0 saturated heterocycles. The van der Waals surface area contributed by atoms with Crippen LogP contribution in [0.5, 0.6) is 0 Å². The summed E-state index contributed by atoms with van der Waals surface area (Å²) in [5.41, 5.74) is 0. The van der Waals surface area contributed by atoms with Crippen molar-refractivity contribution in [2.75, 3.05) is 19.5 Å². The van der Waals surface area contributed by atoms with Gasteiger partial charge in [0.2, 0.25) is 5.91 Å². The summed E-state index contributed by atoms with van der Waals surface area (Å²) < 4.78 is 4.45. The second-order valence-corrected chi connectivity index (χ2v) is 4.48. The second-order valence-electron chi connectivity index (χ2n) is 3.43. The molecule has 0 aliphatic carbocycles. The first kappa shape index (κ1) is 14.5. The highest BCUT2D eigenvalue weighted by atomic mass is 32.2. The van der Waals surface area contributed by atoms with E-state index in [0.717, 1.165) is 4.90 Å². The highest BCUT2D eigenvalue weighted by molar-refractivity contribution is 8.00. The minimum absolute atomic E-state index is 0.178. The molecule has 0 aliphatic heterocycles. The number of benzene rings is 1. The number of thioether (sulfide) groups is 1. The molecule has 18 heavy (non-hydrogen) atoms. The molecule has 1 rings (SSSR count). The Morgan fingerprint density at radius 3 is 2.61 bits per heavy atom. The lowest BCUT2D eigenvalue weighted by atomic mass is 10.3. The van der Waals surface area contributed by atoms with Crippen LogP contribution in [0.2, 0.25) is 0 Å². The molecule has 1 atom stereocenters. The lowest BCUT2D eigenvalue weighted by Crippen LogP contribution is -2.44. The maximum atomic E-state index is 11.6. The molecular weight excluding hydrogens is 254 g/mol. The van der Waals surface area contributed by atoms with E-state index in [1.807, 2.05) is 30.3 Å². The number of aliphatic hydroxyl groups excluding tert-OH is 1. The SMILES string of the molecule is COC(=O)[C@@H](CO)NC(=O)CSc1ccccc1. The van der Waals surface area contributed by atoms with Gasteiger partial charge in [0.1, 0.15) is 0 Å². The molecule has 5 nitrogen and oxygen atoms in total. The van der Waals surface area contributed by atoms with E-state index in [9.17, 15) is 9.59 Å². The van der Waals surface area contributed by atoms with Gasteiger partial charge in [-0.25, -0.2) is 4.79 Å². The van der Waals surface area contributed by atoms with Crippen molar-refractivity contribution in [1.29, 1.82) is 0 Å². The van der Waals surface area contributed by atoms with Crippen LogP contribution in [0, 0.1) is 0 Å². The third kappa shape index (κ3) is 4.77. The average molecular weight is 269 g/mol. The first-order valence-corrected chi connectivity index (χ1v) is 6.32. The van der Waals surface area contributed by atoms with Crippen molar-refractivity contribution in [1.82, 2.24) is 5.32 Å². The Morgan fingerprint density at radius 1 is 1.39 bits per heavy atom. The van der Waals surface area contributed by atoms with Gasteiger partial charge in [0.15, 0.2) is 6.04 Å². The van der Waals surface area contributed by atoms with E-state index in [1.54, 1.807) is 0 Å². The average Bonchev–Trinajstić information content (AvgIpc) is 2.42. The van der Waals surface area contributed by atoms with Crippen LogP contribution in [0.25, 0.3) is 0 Å². The number of ether oxygens (including phenoxy) is 1. The van der Waals surface area contributed by atoms with Gasteiger partial charge >= 0.3 is 5.97 Å². The van der Waals surface area contributed by atoms with Crippen molar-refractivity contribution in [2.45, 2.75) is 10.9 Å². The fourth-order valence-electron chi connectivity index (χ4n) is 1.22. The van der Waals surface area contributed by atoms with Crippen LogP contribution in [0.1, 0.15) is 0 Å². The molecule has 0 aromatic heterocycles. The van der Waals surface area contributed by atoms with Gasteiger partial charge < -0.3 is 15.2 Å². The van der Waals surface area contributed by atoms with Gasteiger partial charge in [-0.15, -0.1) is 11.8 Å². The Kier molecular flexibility index (Phi) is 6.24. The monoisotopic (exact) mass is 269 g/mol. The van der Waals surface area contributed by atoms with Crippen molar-refractivity contribution in [3.05, 3.63) is 30.3 Å². The van der Waals surface area contributed by atoms with Gasteiger partial charge in [0, 0.05) is 4.90 Å². The molecule has 1 aromatic rings. The summed E-state index contributed by atoms with van der Waals surface area (Å²) in [6.45, 7) is -0.478. The van der Waals surface area contributed by atoms with E-state index in [-0.39, 0.29) is 11.7 Å². The molecule has 6 heteroatoms. The molecule has 0 fully saturated rings. The highest BCUT2D eigenvalue weighted by Crippen LogP contribution is 2.16. The Morgan fingerprint density at radius 2 is 2.06 bits per heavy atom. The Labute approximate surface area is 110 Å². The van der Waals surface area contributed by atoms with Crippen molar-refractivity contribution >= 4 is 23.6 Å². The molecule has 1 aromatic carbocycles. The maximum absolute atomic E-state index is 11.6. The number of carbonyl (C=O) groups is 2. The third-order valence-electron chi connectivity index (χ3n) is 2.12. The van der Waals surface area contributed by atoms with Crippen LogP contribution in [0.4, 0.5) is 0 Å². The molecular formula is C12H15NO4S. The standard InChI is InChI=1S/C12H15NO4S/c1-17-12(16)10(7-14)13-11(15)8-18-9-5-3-2-4-6-9/h2-6,10,14H,7-8H2,1H3,(H,13,15)/t10-/m1/s1. The van der Waals surface area contributed by atoms with Crippen LogP contribution in [-0.2, 0) is 14.3 Å². The van der Waals surface area contributed by atoms with E-state index < -0.39 is 18.6 Å². The zero-order valence-corrected chi connectivity index (χ0v) is 10.8. The molecule has 0 heterocycles. The summed E-state index contributed by atoms with van der Waals surface area (Å²) >= 11 is 1.35. The van der Waals surface area contributed by atoms with E-state index in [4.69, 9.17) is 5.11 Å². The van der Waals surface area contributed by atoms with Gasteiger partial charge in [-0.1, -0.05) is 18.2 Å². The summed E-state index contributed by atoms with van der Waals surface area (Å²) in [6.07, 6.45) is 0. The Balaban J connectivity index is 2.39. The van der Waals surface area contributed by atoms with Gasteiger partial charge in [-0.05, 0) is 12.1 Å². The predicted octanol–water partition coefficient (Wildman–Crippen LogP) is 0.429. The van der Waals surface area contributed by atoms with Crippen LogP contribution in [0.3, 0.4) is 0 Å². The van der Waals surface area contributed by atoms with Gasteiger partial charge in [-0.2, -0.15) is 0 Å². The molecule has 0 radical (unpaired) electrons. The highest BCUT2D eigenvalue weighted by Gasteiger charge is 2.20. The molecule has 1 amide bonds. The summed E-state index contributed by atoms with van der Waals surface area (Å²) in [5.74, 6) is -0.804. The van der Waals surface area contributed by atoms with Crippen LogP contribution in [-0.4, -0.2) is 42.5 Å². The number of hydrogen-bond donors (Lipinski definition) is 2. The number of amides is 1. The zero-order chi connectivity index (χ0) is 13.4. The second kappa shape index (κ2) is 7.73. The van der Waals surface area contributed by atoms with E-state index in [0.29, 0.717) is 0 Å². The van der Waals surface area contributed by atoms with Crippen molar-refractivity contribution in [2.24, 2.45) is 0 Å². The summed E-state index contributed by atoms with van der Waals surface area (Å²) in [4.78, 5) is 23.7. The summed E-state index contributed by atoms with van der Waals surface area (Å²) in [6, 6.07) is 8.43. The number of methoxy groups -OCH3 is 1. The minimum atomic E-state index is -1.00. The molecule has 0 spiro atoms. The first-order valence-electron chi connectivity index (χ1n) is 5.33. The quantitative estimate of drug-likeness (QED) is 0.578. The number of nitrogens with one attached hydrogen (secondary N) is 1. The summed E-state index contributed by atoms with van der Waals surface area (Å²) in [7, 11) is 1.20. The molecule has 0 saturated carbocycles. The Hall–Kier alpha value is -1.53. The lowest BCUT2D eigenvalue weighted by molar-refractivity contribution is -0.145. The maximum Gasteiger partial charge on any atom is 0.330 e. The van der Waals surface area contributed by atoms with E-state index in [1.165, 1.54) is 18.9 Å². The van der Waals surface area contributed by atoms with Crippen molar-refractivity contribution < 1.29 is 19.4 Å². The van der Waals surface area contributed by atoms with Crippen molar-refractivity contribution in [3.63, 3.8) is 0 Å². The predicted molar refractivity (Wildman–Crippen MR) is 68.2 cm³/mol. The minimum Gasteiger partial charge on any atom is -0.467 e.